The summed E-state index contributed by atoms with van der Waals surface area (Å²) in [4.78, 5) is 14.5. The van der Waals surface area contributed by atoms with E-state index in [1.165, 1.54) is 23.1 Å². The normalized spacial score (nSPS) is 14.7. The van der Waals surface area contributed by atoms with Gasteiger partial charge in [-0.25, -0.2) is 13.2 Å². The third-order valence-corrected chi connectivity index (χ3v) is 5.66. The molecule has 0 fully saturated rings. The van der Waals surface area contributed by atoms with E-state index >= 15 is 0 Å². The molecule has 0 atom stereocenters. The van der Waals surface area contributed by atoms with Crippen molar-refractivity contribution in [1.82, 2.24) is 0 Å². The van der Waals surface area contributed by atoms with Crippen molar-refractivity contribution in [2.75, 3.05) is 17.3 Å². The van der Waals surface area contributed by atoms with Crippen molar-refractivity contribution in [2.45, 2.75) is 32.9 Å². The van der Waals surface area contributed by atoms with Crippen molar-refractivity contribution in [3.63, 3.8) is 0 Å². The smallest absolute Gasteiger partial charge is 0.251 e. The van der Waals surface area contributed by atoms with E-state index in [-0.39, 0.29) is 12.5 Å². The molecule has 7 heteroatoms. The van der Waals surface area contributed by atoms with E-state index in [0.29, 0.717) is 33.8 Å². The molecule has 1 aliphatic heterocycles. The van der Waals surface area contributed by atoms with Gasteiger partial charge in [0.1, 0.15) is 23.7 Å². The number of aryl methyl sites for hydroxylation is 1. The molecule has 1 heterocycles. The summed E-state index contributed by atoms with van der Waals surface area (Å²) in [7, 11) is 1.66. The maximum atomic E-state index is 14.0. The summed E-state index contributed by atoms with van der Waals surface area (Å²) in [6, 6.07) is 11.5. The van der Waals surface area contributed by atoms with Crippen LogP contribution in [0.2, 0.25) is 0 Å². The molecule has 1 N–H and O–H groups in total. The Labute approximate surface area is 184 Å². The second-order valence-corrected chi connectivity index (χ2v) is 8.43. The fourth-order valence-corrected chi connectivity index (χ4v) is 3.99. The van der Waals surface area contributed by atoms with Crippen molar-refractivity contribution in [3.8, 4) is 16.9 Å². The molecule has 3 aromatic rings. The number of benzene rings is 3. The van der Waals surface area contributed by atoms with E-state index in [4.69, 9.17) is 4.74 Å². The van der Waals surface area contributed by atoms with Crippen LogP contribution in [0.15, 0.2) is 48.5 Å². The van der Waals surface area contributed by atoms with Crippen LogP contribution < -0.4 is 15.0 Å². The van der Waals surface area contributed by atoms with Gasteiger partial charge in [0.2, 0.25) is 0 Å². The zero-order chi connectivity index (χ0) is 23.2. The van der Waals surface area contributed by atoms with Gasteiger partial charge in [-0.1, -0.05) is 18.2 Å². The molecule has 3 aromatic carbocycles. The molecule has 1 amide bonds. The van der Waals surface area contributed by atoms with Gasteiger partial charge in [-0.3, -0.25) is 4.79 Å². The van der Waals surface area contributed by atoms with E-state index in [2.05, 4.69) is 5.32 Å². The quantitative estimate of drug-likeness (QED) is 0.555. The van der Waals surface area contributed by atoms with Crippen molar-refractivity contribution in [2.24, 2.45) is 0 Å². The van der Waals surface area contributed by atoms with E-state index in [1.807, 2.05) is 0 Å². The minimum absolute atomic E-state index is 0.0124. The highest BCUT2D eigenvalue weighted by atomic mass is 19.2. The highest BCUT2D eigenvalue weighted by Gasteiger charge is 2.38. The summed E-state index contributed by atoms with van der Waals surface area (Å²) < 4.78 is 47.2. The van der Waals surface area contributed by atoms with E-state index in [9.17, 15) is 18.0 Å². The number of hydrogen-bond donors (Lipinski definition) is 1. The summed E-state index contributed by atoms with van der Waals surface area (Å²) in [5, 5.41) is 3.23. The van der Waals surface area contributed by atoms with Crippen LogP contribution in [0.4, 0.5) is 24.5 Å². The Hall–Kier alpha value is -3.48. The van der Waals surface area contributed by atoms with Gasteiger partial charge in [0, 0.05) is 18.7 Å². The zero-order valence-corrected chi connectivity index (χ0v) is 18.2. The predicted molar refractivity (Wildman–Crippen MR) is 118 cm³/mol. The highest BCUT2D eigenvalue weighted by Crippen LogP contribution is 2.42. The molecule has 1 aliphatic rings. The van der Waals surface area contributed by atoms with Crippen LogP contribution in [-0.2, 0) is 11.4 Å². The first-order chi connectivity index (χ1) is 15.1. The number of nitrogens with one attached hydrogen (secondary N) is 1. The number of halogens is 3. The highest BCUT2D eigenvalue weighted by molar-refractivity contribution is 6.08. The lowest BCUT2D eigenvalue weighted by Gasteiger charge is -2.39. The number of nitrogens with zero attached hydrogens (tertiary/aromatic N) is 1. The van der Waals surface area contributed by atoms with Crippen LogP contribution in [0.1, 0.15) is 25.0 Å². The minimum Gasteiger partial charge on any atom is -0.488 e. The van der Waals surface area contributed by atoms with E-state index < -0.39 is 23.0 Å². The van der Waals surface area contributed by atoms with Crippen LogP contribution in [-0.4, -0.2) is 18.5 Å². The number of ether oxygens (including phenoxy) is 1. The Bertz CT molecular complexity index is 1220. The number of amides is 1. The maximum Gasteiger partial charge on any atom is 0.251 e. The van der Waals surface area contributed by atoms with E-state index in [1.54, 1.807) is 46.0 Å². The van der Waals surface area contributed by atoms with Gasteiger partial charge in [-0.05, 0) is 61.7 Å². The standard InChI is InChI=1S/C25H23F3N2O2/c1-14-5-7-16(26)12-22(14)32-13-18-17(15-6-9-19(27)20(28)11-15)8-10-21-23(18)30(4)24(31)25(2,3)29-21/h5-12,29H,13H2,1-4H3. The van der Waals surface area contributed by atoms with Crippen LogP contribution >= 0.6 is 0 Å². The molecule has 0 unspecified atom stereocenters. The lowest BCUT2D eigenvalue weighted by Crippen LogP contribution is -2.52. The monoisotopic (exact) mass is 440 g/mol. The van der Waals surface area contributed by atoms with Gasteiger partial charge in [-0.2, -0.15) is 0 Å². The van der Waals surface area contributed by atoms with Gasteiger partial charge >= 0.3 is 0 Å². The number of carbonyl (C=O) groups is 1. The van der Waals surface area contributed by atoms with Crippen molar-refractivity contribution in [3.05, 3.63) is 77.1 Å². The first-order valence-electron chi connectivity index (χ1n) is 10.1. The number of likely N-dealkylation sites (N-methyl/N-ethyl adjacent to an activating group) is 1. The number of carbonyl (C=O) groups excluding carboxylic acids is 1. The van der Waals surface area contributed by atoms with Gasteiger partial charge in [-0.15, -0.1) is 0 Å². The van der Waals surface area contributed by atoms with Gasteiger partial charge < -0.3 is 15.0 Å². The summed E-state index contributed by atoms with van der Waals surface area (Å²) >= 11 is 0. The lowest BCUT2D eigenvalue weighted by molar-refractivity contribution is -0.121. The fraction of sp³-hybridized carbons (Fsp3) is 0.240. The zero-order valence-electron chi connectivity index (χ0n) is 18.2. The van der Waals surface area contributed by atoms with Gasteiger partial charge in [0.15, 0.2) is 11.6 Å². The summed E-state index contributed by atoms with van der Waals surface area (Å²) in [5.41, 5.74) is 2.82. The summed E-state index contributed by atoms with van der Waals surface area (Å²) in [6.07, 6.45) is 0. The molecule has 0 radical (unpaired) electrons. The molecule has 4 nitrogen and oxygen atoms in total. The molecule has 0 aromatic heterocycles. The van der Waals surface area contributed by atoms with Crippen molar-refractivity contribution in [1.29, 1.82) is 0 Å². The van der Waals surface area contributed by atoms with Gasteiger partial charge in [0.25, 0.3) is 5.91 Å². The number of fused-ring (bicyclic) bond motifs is 1. The van der Waals surface area contributed by atoms with Crippen LogP contribution in [0.25, 0.3) is 11.1 Å². The molecule has 166 valence electrons. The van der Waals surface area contributed by atoms with Crippen molar-refractivity contribution < 1.29 is 22.7 Å². The topological polar surface area (TPSA) is 41.6 Å². The average molecular weight is 440 g/mol. The first kappa shape index (κ1) is 21.7. The second kappa shape index (κ2) is 7.89. The Kier molecular flexibility index (Phi) is 5.36. The first-order valence-corrected chi connectivity index (χ1v) is 10.1. The van der Waals surface area contributed by atoms with Crippen LogP contribution in [0.3, 0.4) is 0 Å². The van der Waals surface area contributed by atoms with Crippen molar-refractivity contribution >= 4 is 17.3 Å². The molecule has 0 spiro atoms. The Morgan fingerprint density at radius 1 is 1.00 bits per heavy atom. The molecule has 0 bridgehead atoms. The third-order valence-electron chi connectivity index (χ3n) is 5.66. The molecule has 4 rings (SSSR count). The fourth-order valence-electron chi connectivity index (χ4n) is 3.99. The number of anilines is 2. The largest absolute Gasteiger partial charge is 0.488 e. The lowest BCUT2D eigenvalue weighted by atomic mass is 9.92. The second-order valence-electron chi connectivity index (χ2n) is 8.43. The Morgan fingerprint density at radius 2 is 1.75 bits per heavy atom. The molecule has 0 saturated carbocycles. The SMILES string of the molecule is Cc1ccc(F)cc1OCc1c(-c2ccc(F)c(F)c2)ccc2c1N(C)C(=O)C(C)(C)N2. The summed E-state index contributed by atoms with van der Waals surface area (Å²) in [5.74, 6) is -2.16. The molecule has 32 heavy (non-hydrogen) atoms. The molecular weight excluding hydrogens is 417 g/mol. The average Bonchev–Trinajstić information content (AvgIpc) is 2.74. The van der Waals surface area contributed by atoms with Gasteiger partial charge in [0.05, 0.1) is 11.4 Å². The van der Waals surface area contributed by atoms with E-state index in [0.717, 1.165) is 17.7 Å². The van der Waals surface area contributed by atoms with Crippen LogP contribution in [0.5, 0.6) is 5.75 Å². The third kappa shape index (κ3) is 3.79. The molecule has 0 aliphatic carbocycles. The molecular formula is C25H23F3N2O2. The summed E-state index contributed by atoms with van der Waals surface area (Å²) in [6.45, 7) is 5.35. The molecule has 0 saturated heterocycles. The maximum absolute atomic E-state index is 14.0. The number of rotatable bonds is 4. The number of hydrogen-bond acceptors (Lipinski definition) is 3. The Balaban J connectivity index is 1.86. The predicted octanol–water partition coefficient (Wildman–Crippen LogP) is 5.83. The van der Waals surface area contributed by atoms with Crippen LogP contribution in [0, 0.1) is 24.4 Å². The minimum atomic E-state index is -0.975. The Morgan fingerprint density at radius 3 is 2.47 bits per heavy atom.